The zero-order valence-corrected chi connectivity index (χ0v) is 12.2. The third-order valence-corrected chi connectivity index (χ3v) is 3.98. The van der Waals surface area contributed by atoms with E-state index in [1.54, 1.807) is 11.3 Å². The summed E-state index contributed by atoms with van der Waals surface area (Å²) in [6.07, 6.45) is 3.33. The van der Waals surface area contributed by atoms with Crippen LogP contribution < -0.4 is 10.1 Å². The Labute approximate surface area is 119 Å². The molecular weight excluding hydrogens is 254 g/mol. The van der Waals surface area contributed by atoms with Crippen LogP contribution in [0.15, 0.2) is 47.2 Å². The van der Waals surface area contributed by atoms with Gasteiger partial charge in [-0.05, 0) is 60.8 Å². The quantitative estimate of drug-likeness (QED) is 0.792. The van der Waals surface area contributed by atoms with Crippen LogP contribution in [0.5, 0.6) is 5.75 Å². The minimum atomic E-state index is 0.517. The monoisotopic (exact) mass is 275 g/mol. The van der Waals surface area contributed by atoms with E-state index in [4.69, 9.17) is 4.74 Å². The second kappa shape index (κ2) is 7.97. The van der Waals surface area contributed by atoms with Gasteiger partial charge in [-0.3, -0.25) is 0 Å². The summed E-state index contributed by atoms with van der Waals surface area (Å²) in [6.45, 7) is 0.763. The number of nitrogens with one attached hydrogen (secondary N) is 1. The van der Waals surface area contributed by atoms with Crippen molar-refractivity contribution >= 4 is 11.3 Å². The Morgan fingerprint density at radius 2 is 2.00 bits per heavy atom. The normalized spacial score (nSPS) is 12.3. The van der Waals surface area contributed by atoms with Crippen molar-refractivity contribution in [2.45, 2.75) is 25.3 Å². The van der Waals surface area contributed by atoms with Crippen LogP contribution in [0.2, 0.25) is 0 Å². The van der Waals surface area contributed by atoms with E-state index in [0.717, 1.165) is 31.6 Å². The molecule has 1 unspecified atom stereocenters. The van der Waals surface area contributed by atoms with E-state index in [1.807, 2.05) is 37.4 Å². The first-order valence-electron chi connectivity index (χ1n) is 6.74. The van der Waals surface area contributed by atoms with E-state index in [-0.39, 0.29) is 0 Å². The predicted molar refractivity (Wildman–Crippen MR) is 82.0 cm³/mol. The van der Waals surface area contributed by atoms with Gasteiger partial charge in [0.05, 0.1) is 6.61 Å². The maximum Gasteiger partial charge on any atom is 0.119 e. The third kappa shape index (κ3) is 5.05. The van der Waals surface area contributed by atoms with Gasteiger partial charge in [-0.1, -0.05) is 18.2 Å². The van der Waals surface area contributed by atoms with Crippen LogP contribution in [0.1, 0.15) is 18.4 Å². The Balaban J connectivity index is 1.67. The molecule has 1 aromatic heterocycles. The van der Waals surface area contributed by atoms with Crippen LogP contribution in [0.4, 0.5) is 0 Å². The Morgan fingerprint density at radius 1 is 1.16 bits per heavy atom. The van der Waals surface area contributed by atoms with Crippen LogP contribution in [-0.4, -0.2) is 19.7 Å². The van der Waals surface area contributed by atoms with Crippen molar-refractivity contribution in [3.8, 4) is 5.75 Å². The number of ether oxygens (including phenoxy) is 1. The van der Waals surface area contributed by atoms with Gasteiger partial charge in [0.25, 0.3) is 0 Å². The Hall–Kier alpha value is -1.32. The Bertz CT molecular complexity index is 441. The highest BCUT2D eigenvalue weighted by molar-refractivity contribution is 7.07. The average Bonchev–Trinajstić information content (AvgIpc) is 2.97. The summed E-state index contributed by atoms with van der Waals surface area (Å²) in [7, 11) is 2.03. The topological polar surface area (TPSA) is 21.3 Å². The van der Waals surface area contributed by atoms with Gasteiger partial charge in [-0.15, -0.1) is 0 Å². The molecule has 0 amide bonds. The summed E-state index contributed by atoms with van der Waals surface area (Å²) in [5.41, 5.74) is 1.44. The van der Waals surface area contributed by atoms with Gasteiger partial charge in [0.2, 0.25) is 0 Å². The number of hydrogen-bond donors (Lipinski definition) is 1. The molecule has 0 aliphatic heterocycles. The molecule has 1 aromatic carbocycles. The van der Waals surface area contributed by atoms with Gasteiger partial charge >= 0.3 is 0 Å². The molecule has 0 aliphatic carbocycles. The van der Waals surface area contributed by atoms with Crippen molar-refractivity contribution in [1.82, 2.24) is 5.32 Å². The molecular formula is C16H21NOS. The number of aryl methyl sites for hydroxylation is 1. The molecule has 2 rings (SSSR count). The Kier molecular flexibility index (Phi) is 5.92. The number of rotatable bonds is 8. The lowest BCUT2D eigenvalue weighted by molar-refractivity contribution is 0.285. The number of thiophene rings is 1. The molecule has 0 radical (unpaired) electrons. The summed E-state index contributed by atoms with van der Waals surface area (Å²) in [5, 5.41) is 7.74. The van der Waals surface area contributed by atoms with Crippen LogP contribution in [-0.2, 0) is 6.42 Å². The molecule has 0 saturated heterocycles. The number of hydrogen-bond acceptors (Lipinski definition) is 3. The van der Waals surface area contributed by atoms with E-state index < -0.39 is 0 Å². The number of benzene rings is 1. The Morgan fingerprint density at radius 3 is 2.68 bits per heavy atom. The fraction of sp³-hybridized carbons (Fsp3) is 0.375. The molecule has 19 heavy (non-hydrogen) atoms. The van der Waals surface area contributed by atoms with Gasteiger partial charge < -0.3 is 10.1 Å². The van der Waals surface area contributed by atoms with Gasteiger partial charge in [0.15, 0.2) is 0 Å². The lowest BCUT2D eigenvalue weighted by Gasteiger charge is -2.16. The highest BCUT2D eigenvalue weighted by atomic mass is 32.1. The predicted octanol–water partition coefficient (Wildman–Crippen LogP) is 3.74. The highest BCUT2D eigenvalue weighted by Crippen LogP contribution is 2.12. The molecule has 0 saturated carbocycles. The molecule has 102 valence electrons. The van der Waals surface area contributed by atoms with Crippen molar-refractivity contribution in [1.29, 1.82) is 0 Å². The molecule has 0 spiro atoms. The van der Waals surface area contributed by atoms with Crippen molar-refractivity contribution < 1.29 is 4.74 Å². The maximum absolute atomic E-state index is 5.74. The molecule has 2 nitrogen and oxygen atoms in total. The van der Waals surface area contributed by atoms with Gasteiger partial charge in [0, 0.05) is 6.04 Å². The first-order valence-corrected chi connectivity index (χ1v) is 7.69. The van der Waals surface area contributed by atoms with E-state index >= 15 is 0 Å². The summed E-state index contributed by atoms with van der Waals surface area (Å²) in [5.74, 6) is 0.954. The van der Waals surface area contributed by atoms with Crippen LogP contribution in [0, 0.1) is 0 Å². The first-order chi connectivity index (χ1) is 9.38. The van der Waals surface area contributed by atoms with Crippen molar-refractivity contribution in [3.63, 3.8) is 0 Å². The van der Waals surface area contributed by atoms with Gasteiger partial charge in [-0.2, -0.15) is 11.3 Å². The minimum absolute atomic E-state index is 0.517. The summed E-state index contributed by atoms with van der Waals surface area (Å²) in [4.78, 5) is 0. The summed E-state index contributed by atoms with van der Waals surface area (Å²) < 4.78 is 5.74. The van der Waals surface area contributed by atoms with Crippen molar-refractivity contribution in [2.24, 2.45) is 0 Å². The van der Waals surface area contributed by atoms with E-state index in [9.17, 15) is 0 Å². The molecule has 3 heteroatoms. The largest absolute Gasteiger partial charge is 0.494 e. The lowest BCUT2D eigenvalue weighted by Crippen LogP contribution is -2.27. The maximum atomic E-state index is 5.74. The highest BCUT2D eigenvalue weighted by Gasteiger charge is 2.07. The summed E-state index contributed by atoms with van der Waals surface area (Å²) >= 11 is 1.77. The SMILES string of the molecule is CNC(CCOc1ccccc1)CCc1ccsc1. The first kappa shape index (κ1) is 14.1. The van der Waals surface area contributed by atoms with Crippen LogP contribution in [0.3, 0.4) is 0 Å². The third-order valence-electron chi connectivity index (χ3n) is 3.25. The zero-order valence-electron chi connectivity index (χ0n) is 11.3. The molecule has 0 bridgehead atoms. The molecule has 0 aliphatic rings. The second-order valence-corrected chi connectivity index (χ2v) is 5.39. The van der Waals surface area contributed by atoms with E-state index in [2.05, 4.69) is 22.1 Å². The van der Waals surface area contributed by atoms with Gasteiger partial charge in [0.1, 0.15) is 5.75 Å². The van der Waals surface area contributed by atoms with Crippen LogP contribution in [0.25, 0.3) is 0 Å². The van der Waals surface area contributed by atoms with E-state index in [0.29, 0.717) is 6.04 Å². The zero-order chi connectivity index (χ0) is 13.3. The standard InChI is InChI=1S/C16H21NOS/c1-17-15(8-7-14-10-12-19-13-14)9-11-18-16-5-3-2-4-6-16/h2-6,10,12-13,15,17H,7-9,11H2,1H3. The number of para-hydroxylation sites is 1. The van der Waals surface area contributed by atoms with Crippen molar-refractivity contribution in [2.75, 3.05) is 13.7 Å². The summed E-state index contributed by atoms with van der Waals surface area (Å²) in [6, 6.07) is 12.7. The minimum Gasteiger partial charge on any atom is -0.494 e. The fourth-order valence-corrected chi connectivity index (χ4v) is 2.75. The van der Waals surface area contributed by atoms with Crippen LogP contribution >= 0.6 is 11.3 Å². The molecule has 1 atom stereocenters. The molecule has 1 heterocycles. The fourth-order valence-electron chi connectivity index (χ4n) is 2.04. The molecule has 2 aromatic rings. The molecule has 1 N–H and O–H groups in total. The molecule has 0 fully saturated rings. The lowest BCUT2D eigenvalue weighted by atomic mass is 10.1. The second-order valence-electron chi connectivity index (χ2n) is 4.61. The smallest absolute Gasteiger partial charge is 0.119 e. The average molecular weight is 275 g/mol. The van der Waals surface area contributed by atoms with Gasteiger partial charge in [-0.25, -0.2) is 0 Å². The van der Waals surface area contributed by atoms with Crippen molar-refractivity contribution in [3.05, 3.63) is 52.7 Å². The van der Waals surface area contributed by atoms with E-state index in [1.165, 1.54) is 5.56 Å².